The van der Waals surface area contributed by atoms with Crippen molar-refractivity contribution in [1.82, 2.24) is 0 Å². The number of non-ortho nitro benzene ring substituents is 1. The fourth-order valence-corrected chi connectivity index (χ4v) is 3.03. The predicted molar refractivity (Wildman–Crippen MR) is 114 cm³/mol. The Kier molecular flexibility index (Phi) is 6.36. The number of carbonyl (C=O) groups excluding carboxylic acids is 1. The molecule has 0 unspecified atom stereocenters. The van der Waals surface area contributed by atoms with E-state index in [9.17, 15) is 14.9 Å². The van der Waals surface area contributed by atoms with Gasteiger partial charge in [0.15, 0.2) is 6.10 Å². The van der Waals surface area contributed by atoms with Crippen molar-refractivity contribution in [2.75, 3.05) is 5.32 Å². The van der Waals surface area contributed by atoms with Gasteiger partial charge in [-0.15, -0.1) is 0 Å². The van der Waals surface area contributed by atoms with Crippen LogP contribution in [0.25, 0.3) is 11.1 Å². The average molecular weight is 431 g/mol. The largest absolute Gasteiger partial charge is 0.479 e. The second-order valence-corrected chi connectivity index (χ2v) is 7.05. The molecule has 29 heavy (non-hydrogen) atoms. The third-order valence-corrected chi connectivity index (χ3v) is 4.66. The first-order chi connectivity index (χ1) is 13.8. The molecule has 0 aromatic heterocycles. The Morgan fingerprint density at radius 2 is 1.59 bits per heavy atom. The molecule has 0 saturated heterocycles. The second-order valence-electron chi connectivity index (χ2n) is 6.21. The number of nitro groups is 1. The van der Waals surface area contributed by atoms with Crippen LogP contribution in [0.4, 0.5) is 11.4 Å². The standard InChI is InChI=1S/C21H16Cl2N2O4/c1-13(29-20-11-6-16(22)12-19(20)23)21(26)24-17-7-2-14(3-8-17)15-4-9-18(10-5-15)25(27)28/h2-13H,1H3,(H,24,26)/t13-/m1/s1. The van der Waals surface area contributed by atoms with E-state index in [1.807, 2.05) is 12.1 Å². The number of nitrogens with zero attached hydrogens (tertiary/aromatic N) is 1. The summed E-state index contributed by atoms with van der Waals surface area (Å²) in [5.41, 5.74) is 2.34. The first-order valence-electron chi connectivity index (χ1n) is 8.61. The summed E-state index contributed by atoms with van der Waals surface area (Å²) in [5.74, 6) is 0.0336. The summed E-state index contributed by atoms with van der Waals surface area (Å²) in [6, 6.07) is 18.2. The van der Waals surface area contributed by atoms with Crippen molar-refractivity contribution >= 4 is 40.5 Å². The lowest BCUT2D eigenvalue weighted by atomic mass is 10.1. The van der Waals surface area contributed by atoms with Crippen molar-refractivity contribution in [3.63, 3.8) is 0 Å². The van der Waals surface area contributed by atoms with Crippen molar-refractivity contribution in [2.24, 2.45) is 0 Å². The lowest BCUT2D eigenvalue weighted by molar-refractivity contribution is -0.384. The zero-order valence-corrected chi connectivity index (χ0v) is 16.8. The van der Waals surface area contributed by atoms with E-state index < -0.39 is 11.0 Å². The van der Waals surface area contributed by atoms with Gasteiger partial charge in [-0.05, 0) is 60.5 Å². The first-order valence-corrected chi connectivity index (χ1v) is 9.36. The monoisotopic (exact) mass is 430 g/mol. The Labute approximate surface area is 177 Å². The molecule has 0 heterocycles. The fraction of sp³-hybridized carbons (Fsp3) is 0.0952. The molecule has 0 fully saturated rings. The highest BCUT2D eigenvalue weighted by atomic mass is 35.5. The minimum atomic E-state index is -0.775. The van der Waals surface area contributed by atoms with Crippen LogP contribution in [0.2, 0.25) is 10.0 Å². The third kappa shape index (κ3) is 5.25. The summed E-state index contributed by atoms with van der Waals surface area (Å²) in [6.07, 6.45) is -0.775. The molecule has 1 atom stereocenters. The zero-order valence-electron chi connectivity index (χ0n) is 15.3. The molecule has 148 valence electrons. The quantitative estimate of drug-likeness (QED) is 0.385. The summed E-state index contributed by atoms with van der Waals surface area (Å²) >= 11 is 11.9. The fourth-order valence-electron chi connectivity index (χ4n) is 2.58. The van der Waals surface area contributed by atoms with E-state index in [0.29, 0.717) is 21.5 Å². The van der Waals surface area contributed by atoms with Gasteiger partial charge in [-0.2, -0.15) is 0 Å². The molecule has 1 N–H and O–H groups in total. The minimum Gasteiger partial charge on any atom is -0.479 e. The van der Waals surface area contributed by atoms with E-state index in [2.05, 4.69) is 5.32 Å². The van der Waals surface area contributed by atoms with Crippen LogP contribution >= 0.6 is 23.2 Å². The molecule has 0 aliphatic heterocycles. The molecule has 6 nitrogen and oxygen atoms in total. The van der Waals surface area contributed by atoms with E-state index >= 15 is 0 Å². The average Bonchev–Trinajstić information content (AvgIpc) is 2.70. The number of halogens is 2. The van der Waals surface area contributed by atoms with Crippen molar-refractivity contribution in [3.05, 3.63) is 86.9 Å². The normalized spacial score (nSPS) is 11.6. The van der Waals surface area contributed by atoms with Gasteiger partial charge in [0.25, 0.3) is 11.6 Å². The Balaban J connectivity index is 1.64. The number of hydrogen-bond acceptors (Lipinski definition) is 4. The second kappa shape index (κ2) is 8.94. The maximum Gasteiger partial charge on any atom is 0.269 e. The van der Waals surface area contributed by atoms with Gasteiger partial charge in [0.1, 0.15) is 5.75 Å². The number of benzene rings is 3. The van der Waals surface area contributed by atoms with Gasteiger partial charge < -0.3 is 10.1 Å². The molecule has 3 aromatic carbocycles. The van der Waals surface area contributed by atoms with Gasteiger partial charge in [-0.1, -0.05) is 35.3 Å². The van der Waals surface area contributed by atoms with Crippen molar-refractivity contribution in [1.29, 1.82) is 0 Å². The van der Waals surface area contributed by atoms with Gasteiger partial charge in [0.2, 0.25) is 0 Å². The topological polar surface area (TPSA) is 81.5 Å². The minimum absolute atomic E-state index is 0.0346. The SMILES string of the molecule is C[C@@H](Oc1ccc(Cl)cc1Cl)C(=O)Nc1ccc(-c2ccc([N+](=O)[O-])cc2)cc1. The molecule has 0 aliphatic rings. The lowest BCUT2D eigenvalue weighted by Gasteiger charge is -2.16. The van der Waals surface area contributed by atoms with Crippen LogP contribution in [-0.2, 0) is 4.79 Å². The molecule has 0 spiro atoms. The molecule has 0 aliphatic carbocycles. The van der Waals surface area contributed by atoms with E-state index in [1.54, 1.807) is 49.4 Å². The summed E-state index contributed by atoms with van der Waals surface area (Å²) in [4.78, 5) is 22.7. The molecule has 3 aromatic rings. The van der Waals surface area contributed by atoms with Gasteiger partial charge in [-0.25, -0.2) is 0 Å². The molecule has 0 saturated carbocycles. The number of hydrogen-bond donors (Lipinski definition) is 1. The number of amides is 1. The van der Waals surface area contributed by atoms with Crippen LogP contribution in [-0.4, -0.2) is 16.9 Å². The number of nitro benzene ring substituents is 1. The zero-order chi connectivity index (χ0) is 21.0. The Morgan fingerprint density at radius 3 is 2.14 bits per heavy atom. The van der Waals surface area contributed by atoms with Crippen LogP contribution in [0.15, 0.2) is 66.7 Å². The van der Waals surface area contributed by atoms with E-state index in [0.717, 1.165) is 11.1 Å². The van der Waals surface area contributed by atoms with Gasteiger partial charge >= 0.3 is 0 Å². The van der Waals surface area contributed by atoms with Crippen molar-refractivity contribution in [3.8, 4) is 16.9 Å². The molecular weight excluding hydrogens is 415 g/mol. The van der Waals surface area contributed by atoms with E-state index in [1.165, 1.54) is 12.1 Å². The highest BCUT2D eigenvalue weighted by molar-refractivity contribution is 6.35. The number of carbonyl (C=O) groups is 1. The number of nitrogens with one attached hydrogen (secondary N) is 1. The summed E-state index contributed by atoms with van der Waals surface area (Å²) < 4.78 is 5.60. The maximum atomic E-state index is 12.4. The highest BCUT2D eigenvalue weighted by Gasteiger charge is 2.16. The molecular formula is C21H16Cl2N2O4. The van der Waals surface area contributed by atoms with Crippen molar-refractivity contribution < 1.29 is 14.5 Å². The van der Waals surface area contributed by atoms with Crippen molar-refractivity contribution in [2.45, 2.75) is 13.0 Å². The van der Waals surface area contributed by atoms with Crippen LogP contribution in [0.3, 0.4) is 0 Å². The van der Waals surface area contributed by atoms with Crippen LogP contribution in [0.1, 0.15) is 6.92 Å². The van der Waals surface area contributed by atoms with Gasteiger partial charge in [0, 0.05) is 22.8 Å². The Bertz CT molecular complexity index is 1040. The molecule has 1 amide bonds. The first kappa shape index (κ1) is 20.6. The molecule has 3 rings (SSSR count). The van der Waals surface area contributed by atoms with E-state index in [-0.39, 0.29) is 11.6 Å². The lowest BCUT2D eigenvalue weighted by Crippen LogP contribution is -2.30. The van der Waals surface area contributed by atoms with Crippen LogP contribution in [0.5, 0.6) is 5.75 Å². The summed E-state index contributed by atoms with van der Waals surface area (Å²) in [6.45, 7) is 1.62. The maximum absolute atomic E-state index is 12.4. The van der Waals surface area contributed by atoms with Gasteiger partial charge in [0.05, 0.1) is 9.95 Å². The predicted octanol–water partition coefficient (Wildman–Crippen LogP) is 5.97. The smallest absolute Gasteiger partial charge is 0.269 e. The third-order valence-electron chi connectivity index (χ3n) is 4.13. The molecule has 0 radical (unpaired) electrons. The number of anilines is 1. The highest BCUT2D eigenvalue weighted by Crippen LogP contribution is 2.28. The van der Waals surface area contributed by atoms with E-state index in [4.69, 9.17) is 27.9 Å². The Hall–Kier alpha value is -3.09. The van der Waals surface area contributed by atoms with Gasteiger partial charge in [-0.3, -0.25) is 14.9 Å². The van der Waals surface area contributed by atoms with Crippen LogP contribution < -0.4 is 10.1 Å². The number of rotatable bonds is 6. The summed E-state index contributed by atoms with van der Waals surface area (Å²) in [5, 5.41) is 14.3. The number of ether oxygens (including phenoxy) is 1. The molecule has 0 bridgehead atoms. The molecule has 8 heteroatoms. The Morgan fingerprint density at radius 1 is 1.00 bits per heavy atom. The van der Waals surface area contributed by atoms with Crippen LogP contribution in [0, 0.1) is 10.1 Å². The summed E-state index contributed by atoms with van der Waals surface area (Å²) in [7, 11) is 0.